The first-order valence-electron chi connectivity index (χ1n) is 8.72. The van der Waals surface area contributed by atoms with Crippen molar-refractivity contribution in [3.63, 3.8) is 0 Å². The molecule has 0 saturated heterocycles. The Morgan fingerprint density at radius 2 is 1.85 bits per heavy atom. The van der Waals surface area contributed by atoms with Crippen molar-refractivity contribution in [2.24, 2.45) is 0 Å². The fourth-order valence-electron chi connectivity index (χ4n) is 2.71. The highest BCUT2D eigenvalue weighted by molar-refractivity contribution is 5.94. The predicted octanol–water partition coefficient (Wildman–Crippen LogP) is 2.80. The molecular formula is C20H22N2O5. The molecule has 1 N–H and O–H groups in total. The number of nitrogens with zero attached hydrogens (tertiary/aromatic N) is 1. The molecule has 3 rings (SSSR count). The molecule has 0 saturated carbocycles. The number of fused-ring (bicyclic) bond motifs is 1. The highest BCUT2D eigenvalue weighted by Crippen LogP contribution is 2.32. The predicted molar refractivity (Wildman–Crippen MR) is 99.9 cm³/mol. The van der Waals surface area contributed by atoms with Gasteiger partial charge in [0, 0.05) is 19.2 Å². The van der Waals surface area contributed by atoms with Crippen LogP contribution in [0.15, 0.2) is 42.5 Å². The summed E-state index contributed by atoms with van der Waals surface area (Å²) in [5, 5.41) is 2.79. The van der Waals surface area contributed by atoms with Gasteiger partial charge in [-0.05, 0) is 48.9 Å². The molecule has 142 valence electrons. The summed E-state index contributed by atoms with van der Waals surface area (Å²) < 4.78 is 16.0. The fraction of sp³-hybridized carbons (Fsp3) is 0.300. The molecule has 0 atom stereocenters. The molecule has 0 spiro atoms. The Morgan fingerprint density at radius 3 is 2.56 bits per heavy atom. The summed E-state index contributed by atoms with van der Waals surface area (Å²) in [7, 11) is 0. The van der Waals surface area contributed by atoms with Gasteiger partial charge in [-0.2, -0.15) is 0 Å². The molecule has 0 bridgehead atoms. The zero-order valence-electron chi connectivity index (χ0n) is 15.4. The van der Waals surface area contributed by atoms with Crippen LogP contribution in [-0.4, -0.2) is 36.7 Å². The van der Waals surface area contributed by atoms with E-state index in [0.29, 0.717) is 30.3 Å². The van der Waals surface area contributed by atoms with Crippen LogP contribution in [0.3, 0.4) is 0 Å². The molecule has 0 unspecified atom stereocenters. The molecule has 7 nitrogen and oxygen atoms in total. The highest BCUT2D eigenvalue weighted by Gasteiger charge is 2.18. The monoisotopic (exact) mass is 370 g/mol. The van der Waals surface area contributed by atoms with E-state index in [4.69, 9.17) is 14.2 Å². The fourth-order valence-corrected chi connectivity index (χ4v) is 2.71. The third-order valence-electron chi connectivity index (χ3n) is 4.04. The van der Waals surface area contributed by atoms with Crippen molar-refractivity contribution < 1.29 is 23.8 Å². The van der Waals surface area contributed by atoms with Crippen LogP contribution in [0, 0.1) is 0 Å². The number of amides is 2. The van der Waals surface area contributed by atoms with Crippen molar-refractivity contribution in [1.29, 1.82) is 0 Å². The van der Waals surface area contributed by atoms with Crippen LogP contribution in [0.5, 0.6) is 17.2 Å². The van der Waals surface area contributed by atoms with E-state index < -0.39 is 0 Å². The van der Waals surface area contributed by atoms with Crippen molar-refractivity contribution in [3.8, 4) is 17.2 Å². The first kappa shape index (κ1) is 18.6. The number of benzene rings is 2. The van der Waals surface area contributed by atoms with Gasteiger partial charge in [0.2, 0.25) is 18.6 Å². The number of carbonyl (C=O) groups is 2. The molecule has 1 heterocycles. The summed E-state index contributed by atoms with van der Waals surface area (Å²) in [5.41, 5.74) is 1.51. The highest BCUT2D eigenvalue weighted by atomic mass is 16.7. The summed E-state index contributed by atoms with van der Waals surface area (Å²) in [6.45, 7) is 4.39. The minimum atomic E-state index is -0.268. The zero-order chi connectivity index (χ0) is 19.2. The Morgan fingerprint density at radius 1 is 1.11 bits per heavy atom. The van der Waals surface area contributed by atoms with Crippen molar-refractivity contribution >= 4 is 17.5 Å². The molecule has 2 aromatic rings. The van der Waals surface area contributed by atoms with Crippen molar-refractivity contribution in [3.05, 3.63) is 48.0 Å². The second-order valence-corrected chi connectivity index (χ2v) is 6.07. The van der Waals surface area contributed by atoms with E-state index >= 15 is 0 Å². The summed E-state index contributed by atoms with van der Waals surface area (Å²) in [5.74, 6) is 1.62. The lowest BCUT2D eigenvalue weighted by Gasteiger charge is -2.21. The molecule has 2 aromatic carbocycles. The average Bonchev–Trinajstić information content (AvgIpc) is 3.11. The number of anilines is 1. The SMILES string of the molecule is CCOc1ccc(NC(=O)CN(Cc2ccc3c(c2)OCO3)C(C)=O)cc1. The number of nitrogens with one attached hydrogen (secondary N) is 1. The summed E-state index contributed by atoms with van der Waals surface area (Å²) >= 11 is 0. The molecule has 27 heavy (non-hydrogen) atoms. The van der Waals surface area contributed by atoms with Crippen molar-refractivity contribution in [2.45, 2.75) is 20.4 Å². The second-order valence-electron chi connectivity index (χ2n) is 6.07. The van der Waals surface area contributed by atoms with Crippen molar-refractivity contribution in [1.82, 2.24) is 4.90 Å². The van der Waals surface area contributed by atoms with Crippen molar-refractivity contribution in [2.75, 3.05) is 25.3 Å². The van der Waals surface area contributed by atoms with Gasteiger partial charge < -0.3 is 24.4 Å². The number of rotatable bonds is 7. The molecular weight excluding hydrogens is 348 g/mol. The lowest BCUT2D eigenvalue weighted by molar-refractivity contribution is -0.133. The maximum atomic E-state index is 12.3. The number of ether oxygens (including phenoxy) is 3. The standard InChI is InChI=1S/C20H22N2O5/c1-3-25-17-7-5-16(6-8-17)21-20(24)12-22(14(2)23)11-15-4-9-18-19(10-15)27-13-26-18/h4-10H,3,11-13H2,1-2H3,(H,21,24). The van der Waals surface area contributed by atoms with Crippen LogP contribution >= 0.6 is 0 Å². The molecule has 2 amide bonds. The van der Waals surface area contributed by atoms with Crippen LogP contribution in [0.25, 0.3) is 0 Å². The third-order valence-corrected chi connectivity index (χ3v) is 4.04. The minimum Gasteiger partial charge on any atom is -0.494 e. The van der Waals surface area contributed by atoms with Gasteiger partial charge in [-0.1, -0.05) is 6.07 Å². The van der Waals surface area contributed by atoms with E-state index in [1.165, 1.54) is 11.8 Å². The normalized spacial score (nSPS) is 11.8. The summed E-state index contributed by atoms with van der Waals surface area (Å²) in [6.07, 6.45) is 0. The lowest BCUT2D eigenvalue weighted by atomic mass is 10.2. The van der Waals surface area contributed by atoms with Crippen LogP contribution in [0.1, 0.15) is 19.4 Å². The number of hydrogen-bond donors (Lipinski definition) is 1. The number of hydrogen-bond acceptors (Lipinski definition) is 5. The molecule has 1 aliphatic rings. The number of carbonyl (C=O) groups excluding carboxylic acids is 2. The Bertz CT molecular complexity index is 820. The molecule has 0 fully saturated rings. The Labute approximate surface area is 157 Å². The summed E-state index contributed by atoms with van der Waals surface area (Å²) in [4.78, 5) is 25.8. The van der Waals surface area contributed by atoms with Gasteiger partial charge in [-0.15, -0.1) is 0 Å². The second kappa shape index (κ2) is 8.44. The van der Waals surface area contributed by atoms with Crippen LogP contribution in [-0.2, 0) is 16.1 Å². The van der Waals surface area contributed by atoms with Crippen LogP contribution < -0.4 is 19.5 Å². The zero-order valence-corrected chi connectivity index (χ0v) is 15.4. The van der Waals surface area contributed by atoms with Gasteiger partial charge in [-0.3, -0.25) is 9.59 Å². The molecule has 0 aromatic heterocycles. The maximum Gasteiger partial charge on any atom is 0.244 e. The largest absolute Gasteiger partial charge is 0.494 e. The van der Waals surface area contributed by atoms with Gasteiger partial charge in [0.1, 0.15) is 12.3 Å². The molecule has 1 aliphatic heterocycles. The van der Waals surface area contributed by atoms with Gasteiger partial charge in [0.05, 0.1) is 6.61 Å². The van der Waals surface area contributed by atoms with E-state index in [2.05, 4.69) is 5.32 Å². The van der Waals surface area contributed by atoms with Gasteiger partial charge in [-0.25, -0.2) is 0 Å². The van der Waals surface area contributed by atoms with Gasteiger partial charge in [0.15, 0.2) is 11.5 Å². The van der Waals surface area contributed by atoms with E-state index in [1.54, 1.807) is 30.3 Å². The third kappa shape index (κ3) is 4.91. The Kier molecular flexibility index (Phi) is 5.80. The lowest BCUT2D eigenvalue weighted by Crippen LogP contribution is -2.36. The van der Waals surface area contributed by atoms with Crippen LogP contribution in [0.4, 0.5) is 5.69 Å². The topological polar surface area (TPSA) is 77.1 Å². The van der Waals surface area contributed by atoms with Gasteiger partial charge in [0.25, 0.3) is 0 Å². The average molecular weight is 370 g/mol. The van der Waals surface area contributed by atoms with E-state index in [-0.39, 0.29) is 25.2 Å². The van der Waals surface area contributed by atoms with Gasteiger partial charge >= 0.3 is 0 Å². The Balaban J connectivity index is 1.60. The Hall–Kier alpha value is -3.22. The first-order chi connectivity index (χ1) is 13.0. The smallest absolute Gasteiger partial charge is 0.244 e. The van der Waals surface area contributed by atoms with E-state index in [1.807, 2.05) is 19.1 Å². The van der Waals surface area contributed by atoms with Crippen LogP contribution in [0.2, 0.25) is 0 Å². The first-order valence-corrected chi connectivity index (χ1v) is 8.72. The molecule has 7 heteroatoms. The molecule has 0 aliphatic carbocycles. The quantitative estimate of drug-likeness (QED) is 0.811. The summed E-state index contributed by atoms with van der Waals surface area (Å²) in [6, 6.07) is 12.6. The molecule has 0 radical (unpaired) electrons. The minimum absolute atomic E-state index is 0.0447. The van der Waals surface area contributed by atoms with E-state index in [0.717, 1.165) is 11.3 Å². The maximum absolute atomic E-state index is 12.3. The van der Waals surface area contributed by atoms with E-state index in [9.17, 15) is 9.59 Å².